The van der Waals surface area contributed by atoms with Crippen LogP contribution in [0.2, 0.25) is 0 Å². The van der Waals surface area contributed by atoms with E-state index in [0.29, 0.717) is 0 Å². The summed E-state index contributed by atoms with van der Waals surface area (Å²) in [7, 11) is 0. The molecule has 2 N–H and O–H groups in total. The molecule has 0 aliphatic heterocycles. The molecule has 0 radical (unpaired) electrons. The Bertz CT molecular complexity index is 112. The number of rotatable bonds is 1. The van der Waals surface area contributed by atoms with E-state index in [2.05, 4.69) is 4.99 Å². The number of aliphatic imine (C=N–C) groups is 1. The lowest BCUT2D eigenvalue weighted by molar-refractivity contribution is 1.41. The molecule has 0 aromatic rings. The van der Waals surface area contributed by atoms with Crippen molar-refractivity contribution in [1.29, 1.82) is 5.26 Å². The third kappa shape index (κ3) is 3.07. The Hall–Kier alpha value is -0.750. The standard InChI is InChI=1S/C3H4ClN3/c4-1-3(6)7-2-5/h1H2,(H2,6,7). The average molecular weight is 118 g/mol. The van der Waals surface area contributed by atoms with Gasteiger partial charge in [0.05, 0.1) is 5.88 Å². The second-order valence-electron chi connectivity index (χ2n) is 0.837. The van der Waals surface area contributed by atoms with E-state index in [1.807, 2.05) is 0 Å². The van der Waals surface area contributed by atoms with Crippen LogP contribution in [-0.2, 0) is 0 Å². The van der Waals surface area contributed by atoms with Gasteiger partial charge in [-0.1, -0.05) is 0 Å². The molecule has 0 amide bonds. The second kappa shape index (κ2) is 3.44. The lowest BCUT2D eigenvalue weighted by Gasteiger charge is -1.81. The van der Waals surface area contributed by atoms with Crippen LogP contribution >= 0.6 is 11.6 Å². The van der Waals surface area contributed by atoms with Crippen LogP contribution in [-0.4, -0.2) is 11.7 Å². The van der Waals surface area contributed by atoms with Gasteiger partial charge in [-0.3, -0.25) is 0 Å². The number of nitrogens with zero attached hydrogens (tertiary/aromatic N) is 2. The van der Waals surface area contributed by atoms with Crippen LogP contribution in [0, 0.1) is 11.5 Å². The molecule has 0 saturated heterocycles. The topological polar surface area (TPSA) is 62.2 Å². The monoisotopic (exact) mass is 117 g/mol. The predicted octanol–water partition coefficient (Wildman–Crippen LogP) is 0.0635. The highest BCUT2D eigenvalue weighted by molar-refractivity contribution is 6.28. The van der Waals surface area contributed by atoms with Crippen molar-refractivity contribution in [3.05, 3.63) is 0 Å². The van der Waals surface area contributed by atoms with Gasteiger partial charge in [0, 0.05) is 0 Å². The molecule has 0 fully saturated rings. The first kappa shape index (κ1) is 6.25. The molecular weight excluding hydrogens is 114 g/mol. The van der Waals surface area contributed by atoms with Crippen LogP contribution in [0.25, 0.3) is 0 Å². The molecule has 0 atom stereocenters. The molecule has 0 rings (SSSR count). The molecule has 38 valence electrons. The summed E-state index contributed by atoms with van der Waals surface area (Å²) in [4.78, 5) is 3.11. The first-order valence-electron chi connectivity index (χ1n) is 1.58. The maximum atomic E-state index is 7.79. The van der Waals surface area contributed by atoms with E-state index < -0.39 is 0 Å². The van der Waals surface area contributed by atoms with E-state index in [0.717, 1.165) is 0 Å². The number of nitriles is 1. The first-order chi connectivity index (χ1) is 3.31. The van der Waals surface area contributed by atoms with Crippen molar-refractivity contribution in [1.82, 2.24) is 0 Å². The zero-order valence-corrected chi connectivity index (χ0v) is 4.31. The highest BCUT2D eigenvalue weighted by Gasteiger charge is 1.81. The highest BCUT2D eigenvalue weighted by atomic mass is 35.5. The predicted molar refractivity (Wildman–Crippen MR) is 28.0 cm³/mol. The number of hydrogen-bond acceptors (Lipinski definition) is 2. The smallest absolute Gasteiger partial charge is 0.207 e. The Morgan fingerprint density at radius 2 is 2.57 bits per heavy atom. The summed E-state index contributed by atoms with van der Waals surface area (Å²) >= 11 is 5.12. The lowest BCUT2D eigenvalue weighted by atomic mass is 10.7. The minimum Gasteiger partial charge on any atom is -0.385 e. The molecule has 3 nitrogen and oxygen atoms in total. The molecule has 0 bridgehead atoms. The van der Waals surface area contributed by atoms with E-state index in [1.54, 1.807) is 0 Å². The van der Waals surface area contributed by atoms with Gasteiger partial charge in [-0.2, -0.15) is 10.3 Å². The van der Waals surface area contributed by atoms with Gasteiger partial charge >= 0.3 is 0 Å². The first-order valence-corrected chi connectivity index (χ1v) is 2.11. The third-order valence-electron chi connectivity index (χ3n) is 0.331. The van der Waals surface area contributed by atoms with Crippen molar-refractivity contribution in [3.63, 3.8) is 0 Å². The summed E-state index contributed by atoms with van der Waals surface area (Å²) in [6.45, 7) is 0. The van der Waals surface area contributed by atoms with Gasteiger partial charge in [0.25, 0.3) is 0 Å². The Labute approximate surface area is 46.4 Å². The summed E-state index contributed by atoms with van der Waals surface area (Å²) in [6.07, 6.45) is 1.50. The molecule has 4 heteroatoms. The number of amidine groups is 1. The molecule has 0 aromatic heterocycles. The van der Waals surface area contributed by atoms with E-state index >= 15 is 0 Å². The van der Waals surface area contributed by atoms with Gasteiger partial charge in [-0.05, 0) is 0 Å². The third-order valence-corrected chi connectivity index (χ3v) is 0.604. The molecule has 0 aliphatic carbocycles. The van der Waals surface area contributed by atoms with Gasteiger partial charge in [0.15, 0.2) is 0 Å². The van der Waals surface area contributed by atoms with Gasteiger partial charge in [0.2, 0.25) is 6.19 Å². The van der Waals surface area contributed by atoms with E-state index in [9.17, 15) is 0 Å². The normalized spacial score (nSPS) is 10.6. The lowest BCUT2D eigenvalue weighted by Crippen LogP contribution is -2.11. The van der Waals surface area contributed by atoms with Crippen LogP contribution in [0.1, 0.15) is 0 Å². The van der Waals surface area contributed by atoms with Crippen molar-refractivity contribution >= 4 is 17.4 Å². The zero-order valence-electron chi connectivity index (χ0n) is 3.56. The van der Waals surface area contributed by atoms with Gasteiger partial charge < -0.3 is 5.73 Å². The number of hydrogen-bond donors (Lipinski definition) is 1. The van der Waals surface area contributed by atoms with Crippen LogP contribution in [0.15, 0.2) is 4.99 Å². The zero-order chi connectivity index (χ0) is 5.70. The molecule has 0 saturated carbocycles. The van der Waals surface area contributed by atoms with E-state index in [4.69, 9.17) is 22.6 Å². The van der Waals surface area contributed by atoms with Crippen LogP contribution in [0.5, 0.6) is 0 Å². The minimum absolute atomic E-state index is 0.119. The Morgan fingerprint density at radius 1 is 2.00 bits per heavy atom. The number of halogens is 1. The maximum Gasteiger partial charge on any atom is 0.207 e. The minimum atomic E-state index is 0.119. The number of nitrogens with two attached hydrogens (primary N) is 1. The van der Waals surface area contributed by atoms with Crippen molar-refractivity contribution in [2.24, 2.45) is 10.7 Å². The summed E-state index contributed by atoms with van der Waals surface area (Å²) in [5.74, 6) is 0.275. The molecule has 0 heterocycles. The molecule has 0 aliphatic rings. The molecule has 0 aromatic carbocycles. The fraction of sp³-hybridized carbons (Fsp3) is 0.333. The molecule has 0 spiro atoms. The van der Waals surface area contributed by atoms with Crippen molar-refractivity contribution in [3.8, 4) is 6.19 Å². The van der Waals surface area contributed by atoms with Crippen LogP contribution < -0.4 is 5.73 Å². The van der Waals surface area contributed by atoms with Gasteiger partial charge in [-0.25, -0.2) is 0 Å². The highest BCUT2D eigenvalue weighted by Crippen LogP contribution is 1.72. The van der Waals surface area contributed by atoms with Gasteiger partial charge in [-0.15, -0.1) is 11.6 Å². The summed E-state index contributed by atoms with van der Waals surface area (Å²) < 4.78 is 0. The Balaban J connectivity index is 3.56. The molecular formula is C3H4ClN3. The van der Waals surface area contributed by atoms with Gasteiger partial charge in [0.1, 0.15) is 5.84 Å². The summed E-state index contributed by atoms with van der Waals surface area (Å²) in [5.41, 5.74) is 4.98. The van der Waals surface area contributed by atoms with E-state index in [-0.39, 0.29) is 11.7 Å². The SMILES string of the molecule is N#CN=C(N)CCl. The van der Waals surface area contributed by atoms with Crippen molar-refractivity contribution < 1.29 is 0 Å². The van der Waals surface area contributed by atoms with Crippen molar-refractivity contribution in [2.45, 2.75) is 0 Å². The van der Waals surface area contributed by atoms with Crippen LogP contribution in [0.3, 0.4) is 0 Å². The largest absolute Gasteiger partial charge is 0.385 e. The Morgan fingerprint density at radius 3 is 2.71 bits per heavy atom. The van der Waals surface area contributed by atoms with Crippen LogP contribution in [0.4, 0.5) is 0 Å². The Kier molecular flexibility index (Phi) is 3.07. The summed E-state index contributed by atoms with van der Waals surface area (Å²) in [6, 6.07) is 0. The van der Waals surface area contributed by atoms with E-state index in [1.165, 1.54) is 6.19 Å². The fourth-order valence-electron chi connectivity index (χ4n) is 0.0941. The quantitative estimate of drug-likeness (QED) is 0.229. The fourth-order valence-corrected chi connectivity index (χ4v) is 0.154. The second-order valence-corrected chi connectivity index (χ2v) is 1.10. The average Bonchev–Trinajstić information content (AvgIpc) is 1.68. The number of alkyl halides is 1. The molecule has 7 heavy (non-hydrogen) atoms. The van der Waals surface area contributed by atoms with Crippen molar-refractivity contribution in [2.75, 3.05) is 5.88 Å². The summed E-state index contributed by atoms with van der Waals surface area (Å²) in [5, 5.41) is 7.79. The molecule has 0 unspecified atom stereocenters. The maximum absolute atomic E-state index is 7.79.